The summed E-state index contributed by atoms with van der Waals surface area (Å²) in [6, 6.07) is 27.2. The van der Waals surface area contributed by atoms with Gasteiger partial charge in [0.1, 0.15) is 11.6 Å². The minimum Gasteiger partial charge on any atom is -0.484 e. The standard InChI is InChI=1S/C27H24ClFN2O2/c28-23-11-13-26(14-12-23)33-20-27(32)31(17-21-6-2-1-3-7-21)19-25-10-5-15-30(25)18-22-8-4-9-24(29)16-22/h1-16H,17-20H2. The Morgan fingerprint density at radius 1 is 0.879 bits per heavy atom. The lowest BCUT2D eigenvalue weighted by Crippen LogP contribution is -2.34. The smallest absolute Gasteiger partial charge is 0.261 e. The highest BCUT2D eigenvalue weighted by Gasteiger charge is 2.17. The molecular weight excluding hydrogens is 439 g/mol. The molecule has 0 radical (unpaired) electrons. The Kier molecular flexibility index (Phi) is 7.43. The number of hydrogen-bond acceptors (Lipinski definition) is 2. The van der Waals surface area contributed by atoms with Crippen molar-refractivity contribution >= 4 is 17.5 Å². The van der Waals surface area contributed by atoms with Crippen LogP contribution in [0.5, 0.6) is 5.75 Å². The SMILES string of the molecule is O=C(COc1ccc(Cl)cc1)N(Cc1ccccc1)Cc1cccn1Cc1cccc(F)c1. The van der Waals surface area contributed by atoms with Crippen LogP contribution in [0.3, 0.4) is 0 Å². The van der Waals surface area contributed by atoms with Crippen LogP contribution in [-0.4, -0.2) is 22.0 Å². The third-order valence-electron chi connectivity index (χ3n) is 5.26. The van der Waals surface area contributed by atoms with Gasteiger partial charge < -0.3 is 14.2 Å². The van der Waals surface area contributed by atoms with E-state index in [-0.39, 0.29) is 18.3 Å². The summed E-state index contributed by atoms with van der Waals surface area (Å²) in [6.45, 7) is 1.29. The molecule has 4 aromatic rings. The first-order valence-corrected chi connectivity index (χ1v) is 11.0. The predicted molar refractivity (Wildman–Crippen MR) is 128 cm³/mol. The second kappa shape index (κ2) is 10.8. The molecule has 1 amide bonds. The highest BCUT2D eigenvalue weighted by Crippen LogP contribution is 2.17. The van der Waals surface area contributed by atoms with Crippen molar-refractivity contribution in [1.29, 1.82) is 0 Å². The van der Waals surface area contributed by atoms with E-state index in [0.29, 0.717) is 30.4 Å². The molecule has 0 unspecified atom stereocenters. The molecule has 0 aliphatic heterocycles. The first kappa shape index (κ1) is 22.6. The fraction of sp³-hybridized carbons (Fsp3) is 0.148. The molecular formula is C27H24ClFN2O2. The van der Waals surface area contributed by atoms with E-state index in [0.717, 1.165) is 16.8 Å². The van der Waals surface area contributed by atoms with Crippen molar-refractivity contribution in [3.05, 3.63) is 125 Å². The zero-order chi connectivity index (χ0) is 23.0. The van der Waals surface area contributed by atoms with Crippen LogP contribution >= 0.6 is 11.6 Å². The Labute approximate surface area is 197 Å². The highest BCUT2D eigenvalue weighted by atomic mass is 35.5. The molecule has 0 saturated carbocycles. The molecule has 0 aliphatic rings. The fourth-order valence-electron chi connectivity index (χ4n) is 3.58. The quantitative estimate of drug-likeness (QED) is 0.308. The Morgan fingerprint density at radius 3 is 2.39 bits per heavy atom. The number of ether oxygens (including phenoxy) is 1. The zero-order valence-electron chi connectivity index (χ0n) is 18.0. The maximum absolute atomic E-state index is 13.6. The van der Waals surface area contributed by atoms with Crippen molar-refractivity contribution in [1.82, 2.24) is 9.47 Å². The molecule has 0 aliphatic carbocycles. The van der Waals surface area contributed by atoms with Gasteiger partial charge in [-0.05, 0) is 59.7 Å². The summed E-state index contributed by atoms with van der Waals surface area (Å²) in [5, 5.41) is 0.610. The number of halogens is 2. The van der Waals surface area contributed by atoms with E-state index in [1.54, 1.807) is 35.2 Å². The number of carbonyl (C=O) groups excluding carboxylic acids is 1. The summed E-state index contributed by atoms with van der Waals surface area (Å²) >= 11 is 5.92. The van der Waals surface area contributed by atoms with Crippen molar-refractivity contribution in [3.8, 4) is 5.75 Å². The molecule has 0 atom stereocenters. The van der Waals surface area contributed by atoms with Gasteiger partial charge in [-0.2, -0.15) is 0 Å². The summed E-state index contributed by atoms with van der Waals surface area (Å²) < 4.78 is 21.3. The number of hydrogen-bond donors (Lipinski definition) is 0. The molecule has 3 aromatic carbocycles. The van der Waals surface area contributed by atoms with Crippen LogP contribution in [0.2, 0.25) is 5.02 Å². The lowest BCUT2D eigenvalue weighted by Gasteiger charge is -2.24. The third kappa shape index (κ3) is 6.46. The lowest BCUT2D eigenvalue weighted by atomic mass is 10.2. The molecule has 0 N–H and O–H groups in total. The molecule has 4 rings (SSSR count). The van der Waals surface area contributed by atoms with Crippen LogP contribution in [0.4, 0.5) is 4.39 Å². The van der Waals surface area contributed by atoms with E-state index < -0.39 is 0 Å². The van der Waals surface area contributed by atoms with E-state index in [9.17, 15) is 9.18 Å². The zero-order valence-corrected chi connectivity index (χ0v) is 18.8. The third-order valence-corrected chi connectivity index (χ3v) is 5.52. The average Bonchev–Trinajstić information content (AvgIpc) is 3.25. The Morgan fingerprint density at radius 2 is 1.64 bits per heavy atom. The summed E-state index contributed by atoms with van der Waals surface area (Å²) in [6.07, 6.45) is 1.94. The molecule has 1 aromatic heterocycles. The van der Waals surface area contributed by atoms with Crippen LogP contribution in [0, 0.1) is 5.82 Å². The molecule has 168 valence electrons. The van der Waals surface area contributed by atoms with Crippen LogP contribution in [0.15, 0.2) is 97.2 Å². The van der Waals surface area contributed by atoms with Gasteiger partial charge in [-0.3, -0.25) is 4.79 Å². The van der Waals surface area contributed by atoms with Crippen LogP contribution in [-0.2, 0) is 24.4 Å². The van der Waals surface area contributed by atoms with Crippen molar-refractivity contribution in [2.45, 2.75) is 19.6 Å². The van der Waals surface area contributed by atoms with E-state index in [1.807, 2.05) is 59.3 Å². The summed E-state index contributed by atoms with van der Waals surface area (Å²) in [4.78, 5) is 14.9. The number of carbonyl (C=O) groups is 1. The maximum atomic E-state index is 13.6. The van der Waals surface area contributed by atoms with Gasteiger partial charge in [0, 0.05) is 30.0 Å². The van der Waals surface area contributed by atoms with Crippen molar-refractivity contribution in [2.75, 3.05) is 6.61 Å². The normalized spacial score (nSPS) is 10.7. The molecule has 4 nitrogen and oxygen atoms in total. The first-order chi connectivity index (χ1) is 16.1. The van der Waals surface area contributed by atoms with Crippen LogP contribution in [0.25, 0.3) is 0 Å². The molecule has 1 heterocycles. The summed E-state index contributed by atoms with van der Waals surface area (Å²) in [5.74, 6) is 0.190. The number of benzene rings is 3. The van der Waals surface area contributed by atoms with E-state index >= 15 is 0 Å². The predicted octanol–water partition coefficient (Wildman–Crippen LogP) is 5.94. The Hall–Kier alpha value is -3.57. The first-order valence-electron chi connectivity index (χ1n) is 10.7. The summed E-state index contributed by atoms with van der Waals surface area (Å²) in [7, 11) is 0. The van der Waals surface area contributed by atoms with Gasteiger partial charge in [-0.15, -0.1) is 0 Å². The number of rotatable bonds is 9. The highest BCUT2D eigenvalue weighted by molar-refractivity contribution is 6.30. The fourth-order valence-corrected chi connectivity index (χ4v) is 3.70. The number of aromatic nitrogens is 1. The van der Waals surface area contributed by atoms with E-state index in [1.165, 1.54) is 12.1 Å². The lowest BCUT2D eigenvalue weighted by molar-refractivity contribution is -0.134. The molecule has 33 heavy (non-hydrogen) atoms. The molecule has 0 spiro atoms. The van der Waals surface area contributed by atoms with E-state index in [4.69, 9.17) is 16.3 Å². The largest absolute Gasteiger partial charge is 0.484 e. The average molecular weight is 463 g/mol. The van der Waals surface area contributed by atoms with Gasteiger partial charge in [0.25, 0.3) is 5.91 Å². The van der Waals surface area contributed by atoms with Crippen molar-refractivity contribution in [2.24, 2.45) is 0 Å². The van der Waals surface area contributed by atoms with Crippen molar-refractivity contribution < 1.29 is 13.9 Å². The van der Waals surface area contributed by atoms with Gasteiger partial charge in [0.15, 0.2) is 6.61 Å². The van der Waals surface area contributed by atoms with E-state index in [2.05, 4.69) is 0 Å². The molecule has 0 bridgehead atoms. The monoisotopic (exact) mass is 462 g/mol. The van der Waals surface area contributed by atoms with Crippen LogP contribution in [0.1, 0.15) is 16.8 Å². The second-order valence-corrected chi connectivity index (χ2v) is 8.17. The van der Waals surface area contributed by atoms with Gasteiger partial charge in [0.05, 0.1) is 6.54 Å². The molecule has 0 fully saturated rings. The number of nitrogens with zero attached hydrogens (tertiary/aromatic N) is 2. The van der Waals surface area contributed by atoms with Gasteiger partial charge >= 0.3 is 0 Å². The van der Waals surface area contributed by atoms with Gasteiger partial charge in [-0.1, -0.05) is 54.1 Å². The van der Waals surface area contributed by atoms with Crippen LogP contribution < -0.4 is 4.74 Å². The number of amides is 1. The van der Waals surface area contributed by atoms with Gasteiger partial charge in [0.2, 0.25) is 0 Å². The molecule has 6 heteroatoms. The topological polar surface area (TPSA) is 34.5 Å². The maximum Gasteiger partial charge on any atom is 0.261 e. The Balaban J connectivity index is 1.49. The van der Waals surface area contributed by atoms with Gasteiger partial charge in [-0.25, -0.2) is 4.39 Å². The summed E-state index contributed by atoms with van der Waals surface area (Å²) in [5.41, 5.74) is 2.84. The minimum atomic E-state index is -0.263. The van der Waals surface area contributed by atoms with Crippen molar-refractivity contribution in [3.63, 3.8) is 0 Å². The Bertz CT molecular complexity index is 1190. The molecule has 0 saturated heterocycles. The second-order valence-electron chi connectivity index (χ2n) is 7.74. The minimum absolute atomic E-state index is 0.0843.